The molecule has 1 aromatic heterocycles. The van der Waals surface area contributed by atoms with Gasteiger partial charge in [0.25, 0.3) is 0 Å². The van der Waals surface area contributed by atoms with Crippen LogP contribution in [0.4, 0.5) is 0 Å². The van der Waals surface area contributed by atoms with E-state index in [0.29, 0.717) is 57.9 Å². The maximum Gasteiger partial charge on any atom is 0.348 e. The van der Waals surface area contributed by atoms with Gasteiger partial charge in [-0.3, -0.25) is 4.79 Å². The molecule has 1 aliphatic heterocycles. The molecule has 0 radical (unpaired) electrons. The van der Waals surface area contributed by atoms with Crippen molar-refractivity contribution in [2.75, 3.05) is 7.11 Å². The molecule has 2 heterocycles. The molecule has 2 saturated carbocycles. The van der Waals surface area contributed by atoms with Gasteiger partial charge in [0, 0.05) is 17.9 Å². The van der Waals surface area contributed by atoms with Gasteiger partial charge in [0.2, 0.25) is 0 Å². The molecule has 8 rings (SSSR count). The number of fused-ring (bicyclic) bond motifs is 8. The third-order valence-electron chi connectivity index (χ3n) is 12.4. The van der Waals surface area contributed by atoms with Crippen molar-refractivity contribution < 1.29 is 38.7 Å². The first-order chi connectivity index (χ1) is 26.1. The smallest absolute Gasteiger partial charge is 0.348 e. The van der Waals surface area contributed by atoms with Gasteiger partial charge in [0.1, 0.15) is 51.4 Å². The van der Waals surface area contributed by atoms with E-state index in [2.05, 4.69) is 19.1 Å². The van der Waals surface area contributed by atoms with E-state index in [1.54, 1.807) is 12.1 Å². The van der Waals surface area contributed by atoms with Gasteiger partial charge in [-0.2, -0.15) is 0 Å². The van der Waals surface area contributed by atoms with Gasteiger partial charge in [0.15, 0.2) is 5.58 Å². The summed E-state index contributed by atoms with van der Waals surface area (Å²) in [6.07, 6.45) is 13.2. The molecular formula is C46H52O9. The van der Waals surface area contributed by atoms with Crippen LogP contribution in [0.3, 0.4) is 0 Å². The number of benzene rings is 3. The zero-order chi connectivity index (χ0) is 39.4. The van der Waals surface area contributed by atoms with E-state index in [-0.39, 0.29) is 40.1 Å². The molecule has 0 amide bonds. The van der Waals surface area contributed by atoms with Crippen LogP contribution in [0.15, 0.2) is 69.4 Å². The van der Waals surface area contributed by atoms with Crippen LogP contribution >= 0.6 is 0 Å². The lowest BCUT2D eigenvalue weighted by Crippen LogP contribution is -2.45. The number of hydrogen-bond donors (Lipinski definition) is 3. The van der Waals surface area contributed by atoms with E-state index >= 15 is 0 Å². The Labute approximate surface area is 322 Å². The molecule has 5 unspecified atom stereocenters. The second-order valence-electron chi connectivity index (χ2n) is 16.7. The van der Waals surface area contributed by atoms with Crippen LogP contribution in [0.25, 0.3) is 28.2 Å². The predicted molar refractivity (Wildman–Crippen MR) is 213 cm³/mol. The molecular weight excluding hydrogens is 696 g/mol. The maximum atomic E-state index is 12.9. The number of allylic oxidation sites excluding steroid dienone is 2. The lowest BCUT2D eigenvalue weighted by atomic mass is 9.55. The van der Waals surface area contributed by atoms with Gasteiger partial charge >= 0.3 is 11.6 Å². The molecule has 4 aromatic rings. The number of phenolic OH excluding ortho intramolecular Hbond substituents is 2. The number of aryl methyl sites for hydroxylation is 1. The van der Waals surface area contributed by atoms with E-state index in [9.17, 15) is 24.9 Å². The highest BCUT2D eigenvalue weighted by Gasteiger charge is 2.56. The minimum Gasteiger partial charge on any atom is -0.508 e. The van der Waals surface area contributed by atoms with Crippen LogP contribution in [0.2, 0.25) is 0 Å². The van der Waals surface area contributed by atoms with Crippen LogP contribution in [0.5, 0.6) is 28.7 Å². The Morgan fingerprint density at radius 3 is 2.38 bits per heavy atom. The Kier molecular flexibility index (Phi) is 10.0. The number of carbonyl (C=O) groups excluding carboxylic acids is 1. The Morgan fingerprint density at radius 2 is 1.69 bits per heavy atom. The topological polar surface area (TPSA) is 136 Å². The molecule has 3 N–H and O–H groups in total. The summed E-state index contributed by atoms with van der Waals surface area (Å²) in [6.45, 7) is 11.8. The summed E-state index contributed by atoms with van der Waals surface area (Å²) >= 11 is 0. The molecule has 4 aliphatic rings. The molecule has 0 saturated heterocycles. The van der Waals surface area contributed by atoms with E-state index < -0.39 is 11.2 Å². The molecule has 5 atom stereocenters. The van der Waals surface area contributed by atoms with Gasteiger partial charge in [-0.25, -0.2) is 4.79 Å². The van der Waals surface area contributed by atoms with Gasteiger partial charge in [-0.1, -0.05) is 36.8 Å². The first-order valence-corrected chi connectivity index (χ1v) is 19.3. The van der Waals surface area contributed by atoms with E-state index in [0.717, 1.165) is 30.4 Å². The van der Waals surface area contributed by atoms with E-state index in [1.165, 1.54) is 56.6 Å². The maximum absolute atomic E-state index is 12.9. The Hall–Kier alpha value is -5.18. The molecule has 0 spiro atoms. The van der Waals surface area contributed by atoms with Crippen molar-refractivity contribution in [2.24, 2.45) is 17.3 Å². The third kappa shape index (κ3) is 6.98. The van der Waals surface area contributed by atoms with Crippen molar-refractivity contribution in [1.82, 2.24) is 0 Å². The van der Waals surface area contributed by atoms with Crippen LogP contribution in [0, 0.1) is 17.3 Å². The van der Waals surface area contributed by atoms with E-state index in [4.69, 9.17) is 18.6 Å². The molecule has 2 fully saturated rings. The standard InChI is InChI=1S/C26H26O6.C20H26O3/c1-14(2)6-11-17-22-18(12-13-26(3,4)32-22)24-20(23(17)30-5)21(28)19(25(29)31-24)15-7-9-16(27)10-8-15;1-12(21)23-19-8-7-18-17-5-3-13-11-14(22)4-6-15(13)16(17)9-10-20(18,19)2/h6-10,12-13,27-28H,11H2,1-5H3;4,6,11,16-19,22H,3,5,7-10H2,1-2H3. The predicted octanol–water partition coefficient (Wildman–Crippen LogP) is 9.75. The normalized spacial score (nSPS) is 24.2. The molecule has 290 valence electrons. The number of phenols is 2. The largest absolute Gasteiger partial charge is 0.508 e. The minimum atomic E-state index is -0.694. The fourth-order valence-corrected chi connectivity index (χ4v) is 9.81. The van der Waals surface area contributed by atoms with Crippen LogP contribution in [-0.4, -0.2) is 40.1 Å². The highest BCUT2D eigenvalue weighted by molar-refractivity contribution is 6.02. The fourth-order valence-electron chi connectivity index (χ4n) is 9.81. The second-order valence-corrected chi connectivity index (χ2v) is 16.7. The van der Waals surface area contributed by atoms with Crippen LogP contribution in [0.1, 0.15) is 102 Å². The third-order valence-corrected chi connectivity index (χ3v) is 12.4. The average molecular weight is 749 g/mol. The Bertz CT molecular complexity index is 2260. The van der Waals surface area contributed by atoms with Crippen molar-refractivity contribution in [3.05, 3.63) is 92.9 Å². The van der Waals surface area contributed by atoms with Crippen molar-refractivity contribution >= 4 is 23.0 Å². The van der Waals surface area contributed by atoms with Gasteiger partial charge in [-0.15, -0.1) is 0 Å². The SMILES string of the molecule is CC(=O)OC1CCC2C3CCc4cc(O)ccc4C3CCC12C.COc1c(CC=C(C)C)c2c(c3oc(=O)c(-c4ccc(O)cc4)c(O)c13)C=CC(C)(C)O2. The molecule has 3 aliphatic carbocycles. The number of rotatable bonds is 5. The number of ether oxygens (including phenoxy) is 3. The molecule has 0 bridgehead atoms. The molecule has 9 nitrogen and oxygen atoms in total. The lowest BCUT2D eigenvalue weighted by Gasteiger charge is -2.50. The first-order valence-electron chi connectivity index (χ1n) is 19.3. The summed E-state index contributed by atoms with van der Waals surface area (Å²) < 4.78 is 23.5. The molecule has 3 aromatic carbocycles. The average Bonchev–Trinajstić information content (AvgIpc) is 3.45. The minimum absolute atomic E-state index is 0.00458. The number of esters is 1. The summed E-state index contributed by atoms with van der Waals surface area (Å²) in [4.78, 5) is 24.4. The van der Waals surface area contributed by atoms with E-state index in [1.807, 2.05) is 52.0 Å². The zero-order valence-electron chi connectivity index (χ0n) is 32.8. The highest BCUT2D eigenvalue weighted by Crippen LogP contribution is 2.61. The van der Waals surface area contributed by atoms with Gasteiger partial charge in [0.05, 0.1) is 12.7 Å². The van der Waals surface area contributed by atoms with Crippen molar-refractivity contribution in [3.8, 4) is 39.9 Å². The summed E-state index contributed by atoms with van der Waals surface area (Å²) in [5.74, 6) is 3.01. The Morgan fingerprint density at radius 1 is 0.964 bits per heavy atom. The van der Waals surface area contributed by atoms with Crippen LogP contribution < -0.4 is 15.1 Å². The number of methoxy groups -OCH3 is 1. The number of aromatic hydroxyl groups is 3. The summed E-state index contributed by atoms with van der Waals surface area (Å²) in [5, 5.41) is 30.9. The molecule has 9 heteroatoms. The van der Waals surface area contributed by atoms with Crippen molar-refractivity contribution in [2.45, 2.75) is 104 Å². The number of hydrogen-bond acceptors (Lipinski definition) is 9. The highest BCUT2D eigenvalue weighted by atomic mass is 16.5. The zero-order valence-corrected chi connectivity index (χ0v) is 32.8. The van der Waals surface area contributed by atoms with Gasteiger partial charge < -0.3 is 33.9 Å². The summed E-state index contributed by atoms with van der Waals surface area (Å²) in [6, 6.07) is 11.9. The molecule has 55 heavy (non-hydrogen) atoms. The second kappa shape index (κ2) is 14.5. The number of carbonyl (C=O) groups is 1. The fraction of sp³-hybridized carbons (Fsp3) is 0.435. The summed E-state index contributed by atoms with van der Waals surface area (Å²) in [7, 11) is 1.52. The van der Waals surface area contributed by atoms with Crippen molar-refractivity contribution in [3.63, 3.8) is 0 Å². The Balaban J connectivity index is 0.000000178. The summed E-state index contributed by atoms with van der Waals surface area (Å²) in [5.41, 5.74) is 4.80. The monoisotopic (exact) mass is 748 g/mol. The quantitative estimate of drug-likeness (QED) is 0.104. The van der Waals surface area contributed by atoms with Gasteiger partial charge in [-0.05, 0) is 144 Å². The first kappa shape index (κ1) is 38.1. The van der Waals surface area contributed by atoms with Crippen molar-refractivity contribution in [1.29, 1.82) is 0 Å². The lowest BCUT2D eigenvalue weighted by molar-refractivity contribution is -0.154. The van der Waals surface area contributed by atoms with Crippen LogP contribution in [-0.2, 0) is 22.4 Å².